The van der Waals surface area contributed by atoms with Gasteiger partial charge in [-0.2, -0.15) is 0 Å². The van der Waals surface area contributed by atoms with Gasteiger partial charge in [0.2, 0.25) is 0 Å². The van der Waals surface area contributed by atoms with Crippen molar-refractivity contribution in [1.82, 2.24) is 10.2 Å². The summed E-state index contributed by atoms with van der Waals surface area (Å²) in [5.74, 6) is 0.530. The Labute approximate surface area is 119 Å². The van der Waals surface area contributed by atoms with Crippen LogP contribution in [0.2, 0.25) is 0 Å². The Morgan fingerprint density at radius 3 is 2.85 bits per heavy atom. The first kappa shape index (κ1) is 14.8. The van der Waals surface area contributed by atoms with Gasteiger partial charge in [0.05, 0.1) is 25.9 Å². The molecule has 0 unspecified atom stereocenters. The van der Waals surface area contributed by atoms with Gasteiger partial charge >= 0.3 is 0 Å². The summed E-state index contributed by atoms with van der Waals surface area (Å²) in [4.78, 5) is 14.4. The third-order valence-corrected chi connectivity index (χ3v) is 3.39. The lowest BCUT2D eigenvalue weighted by Gasteiger charge is -2.26. The van der Waals surface area contributed by atoms with Gasteiger partial charge in [-0.05, 0) is 25.1 Å². The molecule has 0 spiro atoms. The third-order valence-electron chi connectivity index (χ3n) is 3.39. The van der Waals surface area contributed by atoms with Crippen LogP contribution in [0.5, 0.6) is 5.75 Å². The number of ether oxygens (including phenoxy) is 2. The van der Waals surface area contributed by atoms with Gasteiger partial charge in [-0.15, -0.1) is 0 Å². The van der Waals surface area contributed by atoms with E-state index in [9.17, 15) is 4.79 Å². The monoisotopic (exact) mass is 278 g/mol. The van der Waals surface area contributed by atoms with Crippen molar-refractivity contribution in [3.8, 4) is 5.75 Å². The minimum absolute atomic E-state index is 0.0792. The van der Waals surface area contributed by atoms with E-state index in [2.05, 4.69) is 10.2 Å². The van der Waals surface area contributed by atoms with E-state index in [1.807, 2.05) is 12.1 Å². The second-order valence-corrected chi connectivity index (χ2v) is 4.76. The molecule has 1 saturated heterocycles. The Bertz CT molecular complexity index is 431. The molecule has 0 saturated carbocycles. The van der Waals surface area contributed by atoms with E-state index >= 15 is 0 Å². The average Bonchev–Trinajstić information content (AvgIpc) is 2.52. The van der Waals surface area contributed by atoms with Crippen LogP contribution in [0.1, 0.15) is 16.8 Å². The third kappa shape index (κ3) is 4.21. The quantitative estimate of drug-likeness (QED) is 0.793. The normalized spacial score (nSPS) is 15.8. The molecule has 0 atom stereocenters. The first-order chi connectivity index (χ1) is 9.81. The van der Waals surface area contributed by atoms with E-state index < -0.39 is 0 Å². The molecule has 5 nitrogen and oxygen atoms in total. The van der Waals surface area contributed by atoms with Gasteiger partial charge in [0.1, 0.15) is 5.75 Å². The van der Waals surface area contributed by atoms with Crippen molar-refractivity contribution in [2.75, 3.05) is 46.5 Å². The SMILES string of the molecule is COc1ccccc1C(=O)NCCCN1CCOCC1. The average molecular weight is 278 g/mol. The van der Waals surface area contributed by atoms with E-state index in [1.54, 1.807) is 19.2 Å². The molecular weight excluding hydrogens is 256 g/mol. The second kappa shape index (κ2) is 7.87. The zero-order valence-corrected chi connectivity index (χ0v) is 11.9. The molecule has 0 aromatic heterocycles. The Morgan fingerprint density at radius 2 is 2.10 bits per heavy atom. The van der Waals surface area contributed by atoms with E-state index in [1.165, 1.54) is 0 Å². The Kier molecular flexibility index (Phi) is 5.83. The Hall–Kier alpha value is -1.59. The summed E-state index contributed by atoms with van der Waals surface area (Å²) in [5, 5.41) is 2.94. The van der Waals surface area contributed by atoms with Gasteiger partial charge in [0.15, 0.2) is 0 Å². The number of morpholine rings is 1. The predicted octanol–water partition coefficient (Wildman–Crippen LogP) is 1.15. The van der Waals surface area contributed by atoms with Crippen molar-refractivity contribution in [3.63, 3.8) is 0 Å². The van der Waals surface area contributed by atoms with Crippen molar-refractivity contribution in [3.05, 3.63) is 29.8 Å². The number of hydrogen-bond donors (Lipinski definition) is 1. The molecule has 5 heteroatoms. The number of carbonyl (C=O) groups excluding carboxylic acids is 1. The fourth-order valence-corrected chi connectivity index (χ4v) is 2.26. The highest BCUT2D eigenvalue weighted by atomic mass is 16.5. The predicted molar refractivity (Wildman–Crippen MR) is 77.2 cm³/mol. The number of rotatable bonds is 6. The summed E-state index contributed by atoms with van der Waals surface area (Å²) in [7, 11) is 1.57. The number of carbonyl (C=O) groups is 1. The first-order valence-corrected chi connectivity index (χ1v) is 7.02. The zero-order chi connectivity index (χ0) is 14.2. The summed E-state index contributed by atoms with van der Waals surface area (Å²) in [6.07, 6.45) is 0.945. The van der Waals surface area contributed by atoms with Gasteiger partial charge in [-0.3, -0.25) is 9.69 Å². The second-order valence-electron chi connectivity index (χ2n) is 4.76. The van der Waals surface area contributed by atoms with Crippen LogP contribution in [0, 0.1) is 0 Å². The number of amides is 1. The van der Waals surface area contributed by atoms with Crippen LogP contribution in [0.3, 0.4) is 0 Å². The molecule has 0 bridgehead atoms. The largest absolute Gasteiger partial charge is 0.496 e. The van der Waals surface area contributed by atoms with Crippen molar-refractivity contribution in [1.29, 1.82) is 0 Å². The van der Waals surface area contributed by atoms with Crippen LogP contribution in [0.4, 0.5) is 0 Å². The highest BCUT2D eigenvalue weighted by molar-refractivity contribution is 5.96. The minimum atomic E-state index is -0.0792. The first-order valence-electron chi connectivity index (χ1n) is 7.02. The summed E-state index contributed by atoms with van der Waals surface area (Å²) >= 11 is 0. The van der Waals surface area contributed by atoms with Gasteiger partial charge < -0.3 is 14.8 Å². The van der Waals surface area contributed by atoms with Crippen LogP contribution in [0.15, 0.2) is 24.3 Å². The molecule has 1 amide bonds. The van der Waals surface area contributed by atoms with Gasteiger partial charge in [0.25, 0.3) is 5.91 Å². The molecule has 1 heterocycles. The molecule has 1 fully saturated rings. The van der Waals surface area contributed by atoms with Crippen molar-refractivity contribution in [2.45, 2.75) is 6.42 Å². The van der Waals surface area contributed by atoms with Crippen molar-refractivity contribution in [2.24, 2.45) is 0 Å². The van der Waals surface area contributed by atoms with E-state index in [-0.39, 0.29) is 5.91 Å². The summed E-state index contributed by atoms with van der Waals surface area (Å²) < 4.78 is 10.5. The molecule has 1 aromatic carbocycles. The molecule has 110 valence electrons. The van der Waals surface area contributed by atoms with Crippen LogP contribution < -0.4 is 10.1 Å². The van der Waals surface area contributed by atoms with Crippen LogP contribution in [-0.4, -0.2) is 57.3 Å². The topological polar surface area (TPSA) is 50.8 Å². The van der Waals surface area contributed by atoms with Crippen molar-refractivity contribution >= 4 is 5.91 Å². The fourth-order valence-electron chi connectivity index (χ4n) is 2.26. The molecule has 1 aliphatic heterocycles. The number of nitrogens with one attached hydrogen (secondary N) is 1. The zero-order valence-electron chi connectivity index (χ0n) is 11.9. The molecular formula is C15H22N2O3. The lowest BCUT2D eigenvalue weighted by atomic mass is 10.2. The number of nitrogens with zero attached hydrogens (tertiary/aromatic N) is 1. The maximum absolute atomic E-state index is 12.1. The van der Waals surface area contributed by atoms with Crippen LogP contribution in [-0.2, 0) is 4.74 Å². The molecule has 20 heavy (non-hydrogen) atoms. The minimum Gasteiger partial charge on any atom is -0.496 e. The number of para-hydroxylation sites is 1. The molecule has 0 radical (unpaired) electrons. The van der Waals surface area contributed by atoms with Gasteiger partial charge in [-0.25, -0.2) is 0 Å². The number of methoxy groups -OCH3 is 1. The standard InChI is InChI=1S/C15H22N2O3/c1-19-14-6-3-2-5-13(14)15(18)16-7-4-8-17-9-11-20-12-10-17/h2-3,5-6H,4,7-12H2,1H3,(H,16,18). The summed E-state index contributed by atoms with van der Waals surface area (Å²) in [5.41, 5.74) is 0.585. The fraction of sp³-hybridized carbons (Fsp3) is 0.533. The van der Waals surface area contributed by atoms with Gasteiger partial charge in [0, 0.05) is 19.6 Å². The lowest BCUT2D eigenvalue weighted by Crippen LogP contribution is -2.38. The maximum Gasteiger partial charge on any atom is 0.255 e. The lowest BCUT2D eigenvalue weighted by molar-refractivity contribution is 0.0374. The van der Waals surface area contributed by atoms with E-state index in [0.29, 0.717) is 17.9 Å². The van der Waals surface area contributed by atoms with Crippen molar-refractivity contribution < 1.29 is 14.3 Å². The van der Waals surface area contributed by atoms with Gasteiger partial charge in [-0.1, -0.05) is 12.1 Å². The highest BCUT2D eigenvalue weighted by Crippen LogP contribution is 2.16. The molecule has 1 aliphatic rings. The Morgan fingerprint density at radius 1 is 1.35 bits per heavy atom. The smallest absolute Gasteiger partial charge is 0.255 e. The molecule has 1 N–H and O–H groups in total. The number of benzene rings is 1. The van der Waals surface area contributed by atoms with E-state index in [0.717, 1.165) is 39.3 Å². The Balaban J connectivity index is 1.72. The number of hydrogen-bond acceptors (Lipinski definition) is 4. The molecule has 1 aromatic rings. The van der Waals surface area contributed by atoms with E-state index in [4.69, 9.17) is 9.47 Å². The summed E-state index contributed by atoms with van der Waals surface area (Å²) in [6, 6.07) is 7.26. The summed E-state index contributed by atoms with van der Waals surface area (Å²) in [6.45, 7) is 5.27. The van der Waals surface area contributed by atoms with Crippen LogP contribution >= 0.6 is 0 Å². The molecule has 0 aliphatic carbocycles. The van der Waals surface area contributed by atoms with Crippen LogP contribution in [0.25, 0.3) is 0 Å². The highest BCUT2D eigenvalue weighted by Gasteiger charge is 2.12. The molecule has 2 rings (SSSR count). The maximum atomic E-state index is 12.1.